The maximum atomic E-state index is 12.6. The third-order valence-corrected chi connectivity index (χ3v) is 6.02. The van der Waals surface area contributed by atoms with Gasteiger partial charge in [0, 0.05) is 23.1 Å². The van der Waals surface area contributed by atoms with Gasteiger partial charge in [-0.15, -0.1) is 0 Å². The molecule has 3 N–H and O–H groups in total. The number of hydrogen-bond acceptors (Lipinski definition) is 7. The Morgan fingerprint density at radius 3 is 2.41 bits per heavy atom. The minimum Gasteiger partial charge on any atom is -0.478 e. The Balaban J connectivity index is 1.66. The summed E-state index contributed by atoms with van der Waals surface area (Å²) in [5.41, 5.74) is 0.653. The Kier molecular flexibility index (Phi) is 7.46. The lowest BCUT2D eigenvalue weighted by atomic mass is 10.2. The van der Waals surface area contributed by atoms with Crippen molar-refractivity contribution >= 4 is 68.0 Å². The number of carbonyl (C=O) groups excluding carboxylic acids is 1. The van der Waals surface area contributed by atoms with E-state index < -0.39 is 15.9 Å². The highest BCUT2D eigenvalue weighted by Gasteiger charge is 2.18. The van der Waals surface area contributed by atoms with Gasteiger partial charge in [0.2, 0.25) is 5.82 Å². The maximum absolute atomic E-state index is 12.6. The molecule has 1 aromatic heterocycles. The van der Waals surface area contributed by atoms with Gasteiger partial charge in [0.1, 0.15) is 0 Å². The van der Waals surface area contributed by atoms with Crippen molar-refractivity contribution in [3.05, 3.63) is 70.5 Å². The van der Waals surface area contributed by atoms with Crippen molar-refractivity contribution in [3.8, 4) is 5.88 Å². The summed E-state index contributed by atoms with van der Waals surface area (Å²) in [6, 6.07) is 10.1. The molecular formula is C19H15Cl2N5O4S2. The zero-order valence-electron chi connectivity index (χ0n) is 16.3. The third kappa shape index (κ3) is 5.82. The maximum Gasteiger partial charge on any atom is 0.263 e. The molecule has 32 heavy (non-hydrogen) atoms. The second kappa shape index (κ2) is 10.1. The molecule has 3 rings (SSSR count). The summed E-state index contributed by atoms with van der Waals surface area (Å²) in [5.74, 6) is -0.524. The van der Waals surface area contributed by atoms with Crippen LogP contribution in [0.4, 0.5) is 11.5 Å². The molecule has 0 aliphatic rings. The van der Waals surface area contributed by atoms with Crippen molar-refractivity contribution in [2.24, 2.45) is 0 Å². The molecule has 0 saturated heterocycles. The van der Waals surface area contributed by atoms with Crippen LogP contribution in [0.15, 0.2) is 59.8 Å². The number of thiocarbonyl (C=S) groups is 1. The van der Waals surface area contributed by atoms with Gasteiger partial charge in [-0.1, -0.05) is 23.2 Å². The van der Waals surface area contributed by atoms with Crippen LogP contribution in [-0.4, -0.2) is 36.5 Å². The molecule has 13 heteroatoms. The summed E-state index contributed by atoms with van der Waals surface area (Å²) >= 11 is 17.0. The van der Waals surface area contributed by atoms with E-state index in [2.05, 4.69) is 25.3 Å². The summed E-state index contributed by atoms with van der Waals surface area (Å²) in [6.07, 6.45) is 2.71. The number of rotatable bonds is 6. The van der Waals surface area contributed by atoms with E-state index in [-0.39, 0.29) is 32.3 Å². The van der Waals surface area contributed by atoms with Crippen LogP contribution < -0.4 is 20.1 Å². The van der Waals surface area contributed by atoms with E-state index in [0.29, 0.717) is 10.7 Å². The molecule has 1 amide bonds. The van der Waals surface area contributed by atoms with E-state index in [1.807, 2.05) is 0 Å². The average Bonchev–Trinajstić information content (AvgIpc) is 2.74. The SMILES string of the molecule is COc1nccnc1NS(=O)(=O)c1ccc(NC(=S)NC(=O)c2ccc(Cl)cc2Cl)cc1. The first-order valence-corrected chi connectivity index (χ1v) is 11.4. The lowest BCUT2D eigenvalue weighted by molar-refractivity contribution is 0.0978. The minimum atomic E-state index is -3.94. The van der Waals surface area contributed by atoms with Crippen LogP contribution in [0.2, 0.25) is 10.0 Å². The summed E-state index contributed by atoms with van der Waals surface area (Å²) in [6.45, 7) is 0. The standard InChI is InChI=1S/C19H15Cl2N5O4S2/c1-30-18-16(22-8-9-23-18)26-32(28,29)13-5-3-12(4-6-13)24-19(31)25-17(27)14-7-2-11(20)10-15(14)21/h2-10H,1H3,(H,22,26)(H2,24,25,27,31). The van der Waals surface area contributed by atoms with E-state index in [1.165, 1.54) is 62.0 Å². The number of halogens is 2. The van der Waals surface area contributed by atoms with Gasteiger partial charge in [-0.05, 0) is 54.7 Å². The van der Waals surface area contributed by atoms with Crippen molar-refractivity contribution in [1.82, 2.24) is 15.3 Å². The number of amides is 1. The number of nitrogens with zero attached hydrogens (tertiary/aromatic N) is 2. The van der Waals surface area contributed by atoms with Gasteiger partial charge < -0.3 is 10.1 Å². The van der Waals surface area contributed by atoms with Crippen molar-refractivity contribution in [3.63, 3.8) is 0 Å². The number of nitrogens with one attached hydrogen (secondary N) is 3. The van der Waals surface area contributed by atoms with E-state index in [1.54, 1.807) is 0 Å². The fourth-order valence-electron chi connectivity index (χ4n) is 2.45. The number of carbonyl (C=O) groups is 1. The minimum absolute atomic E-state index is 0.000884. The molecule has 0 aliphatic carbocycles. The van der Waals surface area contributed by atoms with Gasteiger partial charge >= 0.3 is 0 Å². The predicted octanol–water partition coefficient (Wildman–Crippen LogP) is 3.72. The molecule has 0 spiro atoms. The summed E-state index contributed by atoms with van der Waals surface area (Å²) in [4.78, 5) is 20.1. The third-order valence-electron chi connectivity index (χ3n) is 3.91. The van der Waals surface area contributed by atoms with Gasteiger partial charge in [-0.25, -0.2) is 18.4 Å². The first kappa shape index (κ1) is 23.7. The van der Waals surface area contributed by atoms with Crippen LogP contribution in [-0.2, 0) is 10.0 Å². The quantitative estimate of drug-likeness (QED) is 0.428. The van der Waals surface area contributed by atoms with Gasteiger partial charge in [0.25, 0.3) is 21.8 Å². The molecule has 0 radical (unpaired) electrons. The number of hydrogen-bond donors (Lipinski definition) is 3. The van der Waals surface area contributed by atoms with Crippen molar-refractivity contribution < 1.29 is 17.9 Å². The molecule has 9 nitrogen and oxygen atoms in total. The molecule has 1 heterocycles. The second-order valence-electron chi connectivity index (χ2n) is 6.08. The van der Waals surface area contributed by atoms with E-state index in [0.717, 1.165) is 0 Å². The highest BCUT2D eigenvalue weighted by molar-refractivity contribution is 7.92. The fraction of sp³-hybridized carbons (Fsp3) is 0.0526. The zero-order valence-corrected chi connectivity index (χ0v) is 19.4. The van der Waals surface area contributed by atoms with Gasteiger partial charge in [0.15, 0.2) is 5.11 Å². The molecule has 0 aliphatic heterocycles. The Labute approximate surface area is 199 Å². The molecule has 3 aromatic rings. The Hall–Kier alpha value is -2.99. The lowest BCUT2D eigenvalue weighted by Gasteiger charge is -2.12. The van der Waals surface area contributed by atoms with Crippen LogP contribution >= 0.6 is 35.4 Å². The normalized spacial score (nSPS) is 10.8. The molecule has 0 saturated carbocycles. The molecule has 2 aromatic carbocycles. The highest BCUT2D eigenvalue weighted by atomic mass is 35.5. The fourth-order valence-corrected chi connectivity index (χ4v) is 4.17. The number of benzene rings is 2. The predicted molar refractivity (Wildman–Crippen MR) is 126 cm³/mol. The first-order valence-electron chi connectivity index (χ1n) is 8.75. The zero-order chi connectivity index (χ0) is 23.3. The van der Waals surface area contributed by atoms with Gasteiger partial charge in [-0.3, -0.25) is 14.8 Å². The highest BCUT2D eigenvalue weighted by Crippen LogP contribution is 2.23. The topological polar surface area (TPSA) is 122 Å². The van der Waals surface area contributed by atoms with Crippen molar-refractivity contribution in [2.75, 3.05) is 17.1 Å². The molecule has 166 valence electrons. The average molecular weight is 512 g/mol. The van der Waals surface area contributed by atoms with Crippen LogP contribution in [0.25, 0.3) is 0 Å². The monoisotopic (exact) mass is 511 g/mol. The van der Waals surface area contributed by atoms with E-state index >= 15 is 0 Å². The Morgan fingerprint density at radius 1 is 1.06 bits per heavy atom. The molecule has 0 fully saturated rings. The Bertz CT molecular complexity index is 1270. The molecule has 0 atom stereocenters. The van der Waals surface area contributed by atoms with Crippen molar-refractivity contribution in [1.29, 1.82) is 0 Å². The second-order valence-corrected chi connectivity index (χ2v) is 9.01. The lowest BCUT2D eigenvalue weighted by Crippen LogP contribution is -2.34. The Morgan fingerprint density at radius 2 is 1.75 bits per heavy atom. The van der Waals surface area contributed by atoms with E-state index in [9.17, 15) is 13.2 Å². The van der Waals surface area contributed by atoms with Gasteiger partial charge in [-0.2, -0.15) is 0 Å². The molecular weight excluding hydrogens is 497 g/mol. The summed E-state index contributed by atoms with van der Waals surface area (Å²) in [5, 5.41) is 5.86. The molecule has 0 unspecified atom stereocenters. The van der Waals surface area contributed by atoms with Gasteiger partial charge in [0.05, 0.1) is 22.6 Å². The first-order chi connectivity index (χ1) is 15.2. The number of ether oxygens (including phenoxy) is 1. The number of anilines is 2. The van der Waals surface area contributed by atoms with Crippen LogP contribution in [0, 0.1) is 0 Å². The van der Waals surface area contributed by atoms with E-state index in [4.69, 9.17) is 40.2 Å². The van der Waals surface area contributed by atoms with Crippen LogP contribution in [0.5, 0.6) is 5.88 Å². The summed E-state index contributed by atoms with van der Waals surface area (Å²) in [7, 11) is -2.59. The van der Waals surface area contributed by atoms with Crippen LogP contribution in [0.1, 0.15) is 10.4 Å². The largest absolute Gasteiger partial charge is 0.478 e. The number of methoxy groups -OCH3 is 1. The molecule has 0 bridgehead atoms. The smallest absolute Gasteiger partial charge is 0.263 e. The summed E-state index contributed by atoms with van der Waals surface area (Å²) < 4.78 is 32.5. The van der Waals surface area contributed by atoms with Crippen LogP contribution in [0.3, 0.4) is 0 Å². The number of sulfonamides is 1. The van der Waals surface area contributed by atoms with Crippen molar-refractivity contribution in [2.45, 2.75) is 4.90 Å². The number of aromatic nitrogens is 2.